The van der Waals surface area contributed by atoms with Crippen LogP contribution < -0.4 is 4.74 Å². The molecule has 0 unspecified atom stereocenters. The fourth-order valence-corrected chi connectivity index (χ4v) is 4.01. The number of benzene rings is 1. The maximum Gasteiger partial charge on any atom is 0.240 e. The maximum atomic E-state index is 12.7. The number of carbonyl (C=O) groups is 2. The van der Waals surface area contributed by atoms with Crippen molar-refractivity contribution in [3.8, 4) is 5.75 Å². The first-order valence-electron chi connectivity index (χ1n) is 10.0. The number of hydrogen-bond donors (Lipinski definition) is 0. The third kappa shape index (κ3) is 5.02. The van der Waals surface area contributed by atoms with Crippen LogP contribution in [0.4, 0.5) is 0 Å². The van der Waals surface area contributed by atoms with Crippen LogP contribution in [0.1, 0.15) is 18.4 Å². The third-order valence-electron chi connectivity index (χ3n) is 5.67. The van der Waals surface area contributed by atoms with Crippen molar-refractivity contribution in [1.82, 2.24) is 14.7 Å². The Balaban J connectivity index is 1.51. The molecule has 2 aliphatic rings. The molecule has 2 fully saturated rings. The van der Waals surface area contributed by atoms with Gasteiger partial charge in [0.15, 0.2) is 0 Å². The van der Waals surface area contributed by atoms with Gasteiger partial charge in [0.2, 0.25) is 11.8 Å². The minimum Gasteiger partial charge on any atom is -0.497 e. The van der Waals surface area contributed by atoms with Gasteiger partial charge in [0.05, 0.1) is 26.2 Å². The van der Waals surface area contributed by atoms with E-state index in [1.54, 1.807) is 14.2 Å². The molecule has 0 N–H and O–H groups in total. The van der Waals surface area contributed by atoms with Crippen molar-refractivity contribution in [2.75, 3.05) is 60.1 Å². The molecule has 0 saturated carbocycles. The number of ether oxygens (including phenoxy) is 2. The Hall–Kier alpha value is -2.12. The average Bonchev–Trinajstić information content (AvgIpc) is 2.92. The van der Waals surface area contributed by atoms with Crippen LogP contribution in [0.15, 0.2) is 24.3 Å². The molecule has 0 bridgehead atoms. The highest BCUT2D eigenvalue weighted by atomic mass is 16.5. The van der Waals surface area contributed by atoms with E-state index in [2.05, 4.69) is 4.90 Å². The predicted octanol–water partition coefficient (Wildman–Crippen LogP) is 1.02. The summed E-state index contributed by atoms with van der Waals surface area (Å²) in [6, 6.07) is 7.59. The van der Waals surface area contributed by atoms with Gasteiger partial charge in [-0.05, 0) is 30.5 Å². The summed E-state index contributed by atoms with van der Waals surface area (Å²) >= 11 is 0. The first-order valence-corrected chi connectivity index (χ1v) is 10.0. The average molecular weight is 389 g/mol. The molecule has 0 aromatic heterocycles. The molecule has 2 saturated heterocycles. The first-order chi connectivity index (χ1) is 13.6. The van der Waals surface area contributed by atoms with Gasteiger partial charge in [-0.3, -0.25) is 14.5 Å². The van der Waals surface area contributed by atoms with Crippen LogP contribution in [0.5, 0.6) is 5.75 Å². The molecule has 2 aliphatic heterocycles. The molecule has 2 heterocycles. The molecule has 2 amide bonds. The van der Waals surface area contributed by atoms with Gasteiger partial charge in [-0.2, -0.15) is 0 Å². The Morgan fingerprint density at radius 1 is 1.07 bits per heavy atom. The summed E-state index contributed by atoms with van der Waals surface area (Å²) in [5.74, 6) is 1.14. The zero-order valence-corrected chi connectivity index (χ0v) is 16.9. The van der Waals surface area contributed by atoms with Gasteiger partial charge in [0.1, 0.15) is 5.75 Å². The molecular weight excluding hydrogens is 358 g/mol. The van der Waals surface area contributed by atoms with E-state index in [1.807, 2.05) is 34.1 Å². The molecule has 28 heavy (non-hydrogen) atoms. The van der Waals surface area contributed by atoms with Crippen molar-refractivity contribution in [3.05, 3.63) is 29.8 Å². The van der Waals surface area contributed by atoms with Crippen LogP contribution in [0.2, 0.25) is 0 Å². The van der Waals surface area contributed by atoms with Gasteiger partial charge in [-0.25, -0.2) is 0 Å². The zero-order chi connectivity index (χ0) is 19.9. The number of hydrogen-bond acceptors (Lipinski definition) is 5. The Morgan fingerprint density at radius 2 is 1.86 bits per heavy atom. The van der Waals surface area contributed by atoms with E-state index in [0.29, 0.717) is 26.1 Å². The summed E-state index contributed by atoms with van der Waals surface area (Å²) < 4.78 is 10.3. The van der Waals surface area contributed by atoms with E-state index in [9.17, 15) is 9.59 Å². The lowest BCUT2D eigenvalue weighted by Gasteiger charge is -2.26. The standard InChI is InChI=1S/C21H31N3O4/c1-27-15-14-24-11-8-19(21(24)26)22-9-3-10-23(13-12-22)20(25)16-17-4-6-18(28-2)7-5-17/h4-7,19H,3,8-16H2,1-2H3/t19-/m0/s1. The highest BCUT2D eigenvalue weighted by Crippen LogP contribution is 2.19. The van der Waals surface area contributed by atoms with Gasteiger partial charge < -0.3 is 19.3 Å². The number of methoxy groups -OCH3 is 2. The molecule has 0 radical (unpaired) electrons. The monoisotopic (exact) mass is 389 g/mol. The molecule has 7 heteroatoms. The van der Waals surface area contributed by atoms with Gasteiger partial charge in [0.25, 0.3) is 0 Å². The summed E-state index contributed by atoms with van der Waals surface area (Å²) in [5, 5.41) is 0. The smallest absolute Gasteiger partial charge is 0.240 e. The second-order valence-electron chi connectivity index (χ2n) is 7.42. The Kier molecular flexibility index (Phi) is 7.28. The van der Waals surface area contributed by atoms with Crippen LogP contribution in [0, 0.1) is 0 Å². The number of nitrogens with zero attached hydrogens (tertiary/aromatic N) is 3. The molecule has 7 nitrogen and oxygen atoms in total. The van der Waals surface area contributed by atoms with Crippen molar-refractivity contribution >= 4 is 11.8 Å². The van der Waals surface area contributed by atoms with Crippen molar-refractivity contribution in [2.45, 2.75) is 25.3 Å². The normalized spacial score (nSPS) is 21.1. The van der Waals surface area contributed by atoms with Crippen molar-refractivity contribution in [1.29, 1.82) is 0 Å². The molecule has 0 aliphatic carbocycles. The van der Waals surface area contributed by atoms with Gasteiger partial charge in [-0.15, -0.1) is 0 Å². The predicted molar refractivity (Wildman–Crippen MR) is 106 cm³/mol. The lowest BCUT2D eigenvalue weighted by Crippen LogP contribution is -2.44. The second kappa shape index (κ2) is 9.89. The lowest BCUT2D eigenvalue weighted by atomic mass is 10.1. The Morgan fingerprint density at radius 3 is 2.57 bits per heavy atom. The quantitative estimate of drug-likeness (QED) is 0.697. The number of amides is 2. The SMILES string of the molecule is COCCN1CC[C@H](N2CCCN(C(=O)Cc3ccc(OC)cc3)CC2)C1=O. The fourth-order valence-electron chi connectivity index (χ4n) is 4.01. The van der Waals surface area contributed by atoms with Gasteiger partial charge in [-0.1, -0.05) is 12.1 Å². The third-order valence-corrected chi connectivity index (χ3v) is 5.67. The number of carbonyl (C=O) groups excluding carboxylic acids is 2. The van der Waals surface area contributed by atoms with E-state index >= 15 is 0 Å². The molecule has 154 valence electrons. The summed E-state index contributed by atoms with van der Waals surface area (Å²) in [4.78, 5) is 31.5. The summed E-state index contributed by atoms with van der Waals surface area (Å²) in [6.45, 7) is 5.07. The van der Waals surface area contributed by atoms with Crippen LogP contribution >= 0.6 is 0 Å². The molecule has 1 atom stereocenters. The molecule has 3 rings (SSSR count). The Bertz CT molecular complexity index is 664. The van der Waals surface area contributed by atoms with Crippen LogP contribution in [0.3, 0.4) is 0 Å². The van der Waals surface area contributed by atoms with Crippen LogP contribution in [-0.2, 0) is 20.7 Å². The van der Waals surface area contributed by atoms with E-state index in [-0.39, 0.29) is 17.9 Å². The largest absolute Gasteiger partial charge is 0.497 e. The summed E-state index contributed by atoms with van der Waals surface area (Å²) in [7, 11) is 3.29. The van der Waals surface area contributed by atoms with Gasteiger partial charge >= 0.3 is 0 Å². The number of likely N-dealkylation sites (tertiary alicyclic amines) is 1. The van der Waals surface area contributed by atoms with E-state index in [4.69, 9.17) is 9.47 Å². The van der Waals surface area contributed by atoms with Crippen molar-refractivity contribution < 1.29 is 19.1 Å². The molecule has 0 spiro atoms. The minimum absolute atomic E-state index is 0.0477. The first kappa shape index (κ1) is 20.6. The van der Waals surface area contributed by atoms with Gasteiger partial charge in [0, 0.05) is 46.4 Å². The topological polar surface area (TPSA) is 62.3 Å². The maximum absolute atomic E-state index is 12.7. The number of rotatable bonds is 7. The van der Waals surface area contributed by atoms with Crippen molar-refractivity contribution in [3.63, 3.8) is 0 Å². The Labute approximate surface area is 167 Å². The molecule has 1 aromatic rings. The summed E-state index contributed by atoms with van der Waals surface area (Å²) in [6.07, 6.45) is 2.16. The van der Waals surface area contributed by atoms with E-state index in [1.165, 1.54) is 0 Å². The second-order valence-corrected chi connectivity index (χ2v) is 7.42. The van der Waals surface area contributed by atoms with Crippen LogP contribution in [-0.4, -0.2) is 92.7 Å². The summed E-state index contributed by atoms with van der Waals surface area (Å²) in [5.41, 5.74) is 0.992. The molecule has 1 aromatic carbocycles. The lowest BCUT2D eigenvalue weighted by molar-refractivity contribution is -0.132. The molecular formula is C21H31N3O4. The fraction of sp³-hybridized carbons (Fsp3) is 0.619. The van der Waals surface area contributed by atoms with Crippen molar-refractivity contribution in [2.24, 2.45) is 0 Å². The highest BCUT2D eigenvalue weighted by molar-refractivity contribution is 5.84. The zero-order valence-electron chi connectivity index (χ0n) is 16.9. The van der Waals surface area contributed by atoms with E-state index < -0.39 is 0 Å². The van der Waals surface area contributed by atoms with E-state index in [0.717, 1.165) is 50.3 Å². The highest BCUT2D eigenvalue weighted by Gasteiger charge is 2.36. The minimum atomic E-state index is -0.0477. The van der Waals surface area contributed by atoms with Crippen LogP contribution in [0.25, 0.3) is 0 Å².